The molecule has 2 aromatic carbocycles. The number of benzene rings is 2. The minimum atomic E-state index is -1.03. The Kier molecular flexibility index (Phi) is 4.24. The zero-order valence-corrected chi connectivity index (χ0v) is 13.0. The van der Waals surface area contributed by atoms with E-state index in [2.05, 4.69) is 4.98 Å². The fraction of sp³-hybridized carbons (Fsp3) is 0.105. The molecule has 3 aromatic rings. The predicted molar refractivity (Wildman–Crippen MR) is 89.9 cm³/mol. The SMILES string of the molecule is COC(=O)c1c(CC(=O)O)c(-c2ccccc2)nc2ccccc12. The number of carbonyl (C=O) groups is 2. The highest BCUT2D eigenvalue weighted by atomic mass is 16.5. The first kappa shape index (κ1) is 15.7. The van der Waals surface area contributed by atoms with Crippen molar-refractivity contribution in [2.75, 3.05) is 7.11 Å². The van der Waals surface area contributed by atoms with Gasteiger partial charge in [-0.3, -0.25) is 4.79 Å². The third kappa shape index (κ3) is 2.84. The molecule has 3 rings (SSSR count). The summed E-state index contributed by atoms with van der Waals surface area (Å²) in [7, 11) is 1.28. The Morgan fingerprint density at radius 1 is 1.04 bits per heavy atom. The standard InChI is InChI=1S/C19H15NO4/c1-24-19(23)17-13-9-5-6-10-15(13)20-18(14(17)11-16(21)22)12-7-3-2-4-8-12/h2-10H,11H2,1H3,(H,21,22). The van der Waals surface area contributed by atoms with Crippen LogP contribution < -0.4 is 0 Å². The summed E-state index contributed by atoms with van der Waals surface area (Å²) in [5, 5.41) is 9.89. The molecule has 0 radical (unpaired) electrons. The van der Waals surface area contributed by atoms with E-state index in [-0.39, 0.29) is 12.0 Å². The molecule has 5 nitrogen and oxygen atoms in total. The number of hydrogen-bond acceptors (Lipinski definition) is 4. The van der Waals surface area contributed by atoms with Crippen LogP contribution in [0, 0.1) is 0 Å². The molecule has 24 heavy (non-hydrogen) atoms. The number of fused-ring (bicyclic) bond motifs is 1. The maximum Gasteiger partial charge on any atom is 0.338 e. The van der Waals surface area contributed by atoms with Crippen molar-refractivity contribution in [2.45, 2.75) is 6.42 Å². The summed E-state index contributed by atoms with van der Waals surface area (Å²) in [6.45, 7) is 0. The number of aromatic nitrogens is 1. The number of ether oxygens (including phenoxy) is 1. The second-order valence-electron chi connectivity index (χ2n) is 5.26. The van der Waals surface area contributed by atoms with Crippen LogP contribution in [-0.2, 0) is 16.0 Å². The summed E-state index contributed by atoms with van der Waals surface area (Å²) in [5.74, 6) is -1.60. The van der Waals surface area contributed by atoms with Gasteiger partial charge in [-0.25, -0.2) is 9.78 Å². The summed E-state index contributed by atoms with van der Waals surface area (Å²) < 4.78 is 4.90. The number of nitrogens with zero attached hydrogens (tertiary/aromatic N) is 1. The number of para-hydroxylation sites is 1. The molecule has 0 fully saturated rings. The fourth-order valence-corrected chi connectivity index (χ4v) is 2.74. The van der Waals surface area contributed by atoms with Gasteiger partial charge in [0.15, 0.2) is 0 Å². The molecule has 0 saturated carbocycles. The molecule has 1 N–H and O–H groups in total. The van der Waals surface area contributed by atoms with Crippen LogP contribution in [0.3, 0.4) is 0 Å². The molecule has 0 aliphatic carbocycles. The normalized spacial score (nSPS) is 10.5. The Morgan fingerprint density at radius 3 is 2.38 bits per heavy atom. The van der Waals surface area contributed by atoms with Gasteiger partial charge in [-0.2, -0.15) is 0 Å². The molecular weight excluding hydrogens is 306 g/mol. The van der Waals surface area contributed by atoms with Crippen molar-refractivity contribution in [3.05, 3.63) is 65.7 Å². The molecule has 0 atom stereocenters. The molecule has 1 heterocycles. The van der Waals surface area contributed by atoms with Gasteiger partial charge < -0.3 is 9.84 Å². The number of rotatable bonds is 4. The lowest BCUT2D eigenvalue weighted by atomic mass is 9.94. The molecule has 0 aliphatic heterocycles. The van der Waals surface area contributed by atoms with E-state index < -0.39 is 11.9 Å². The van der Waals surface area contributed by atoms with Gasteiger partial charge in [0, 0.05) is 16.5 Å². The van der Waals surface area contributed by atoms with Crippen molar-refractivity contribution in [2.24, 2.45) is 0 Å². The topological polar surface area (TPSA) is 76.5 Å². The second kappa shape index (κ2) is 6.50. The third-order valence-corrected chi connectivity index (χ3v) is 3.76. The number of esters is 1. The first-order valence-corrected chi connectivity index (χ1v) is 7.39. The Morgan fingerprint density at radius 2 is 1.71 bits per heavy atom. The van der Waals surface area contributed by atoms with Gasteiger partial charge >= 0.3 is 11.9 Å². The average molecular weight is 321 g/mol. The second-order valence-corrected chi connectivity index (χ2v) is 5.26. The largest absolute Gasteiger partial charge is 0.481 e. The summed E-state index contributed by atoms with van der Waals surface area (Å²) in [6.07, 6.45) is -0.313. The van der Waals surface area contributed by atoms with E-state index in [1.807, 2.05) is 36.4 Å². The van der Waals surface area contributed by atoms with Gasteiger partial charge in [0.2, 0.25) is 0 Å². The number of carboxylic acids is 1. The van der Waals surface area contributed by atoms with Gasteiger partial charge in [0.25, 0.3) is 0 Å². The zero-order chi connectivity index (χ0) is 17.1. The van der Waals surface area contributed by atoms with Crippen LogP contribution in [0.4, 0.5) is 0 Å². The lowest BCUT2D eigenvalue weighted by Gasteiger charge is -2.15. The van der Waals surface area contributed by atoms with E-state index in [0.717, 1.165) is 5.56 Å². The Balaban J connectivity index is 2.41. The minimum absolute atomic E-state index is 0.254. The third-order valence-electron chi connectivity index (χ3n) is 3.76. The van der Waals surface area contributed by atoms with Crippen molar-refractivity contribution in [3.63, 3.8) is 0 Å². The first-order chi connectivity index (χ1) is 11.6. The Bertz CT molecular complexity index is 919. The highest BCUT2D eigenvalue weighted by Gasteiger charge is 2.23. The molecular formula is C19H15NO4. The lowest BCUT2D eigenvalue weighted by Crippen LogP contribution is -2.13. The van der Waals surface area contributed by atoms with Crippen molar-refractivity contribution >= 4 is 22.8 Å². The van der Waals surface area contributed by atoms with Gasteiger partial charge in [0.1, 0.15) is 0 Å². The first-order valence-electron chi connectivity index (χ1n) is 7.39. The van der Waals surface area contributed by atoms with Crippen LogP contribution in [0.2, 0.25) is 0 Å². The quantitative estimate of drug-likeness (QED) is 0.746. The van der Waals surface area contributed by atoms with Gasteiger partial charge in [-0.1, -0.05) is 48.5 Å². The molecule has 0 unspecified atom stereocenters. The maximum absolute atomic E-state index is 12.4. The monoisotopic (exact) mass is 321 g/mol. The molecule has 120 valence electrons. The van der Waals surface area contributed by atoms with Crippen molar-refractivity contribution in [3.8, 4) is 11.3 Å². The number of hydrogen-bond donors (Lipinski definition) is 1. The summed E-state index contributed by atoms with van der Waals surface area (Å²) in [4.78, 5) is 28.3. The van der Waals surface area contributed by atoms with Crippen LogP contribution in [0.15, 0.2) is 54.6 Å². The highest BCUT2D eigenvalue weighted by Crippen LogP contribution is 2.31. The van der Waals surface area contributed by atoms with E-state index in [9.17, 15) is 14.7 Å². The van der Waals surface area contributed by atoms with E-state index in [1.54, 1.807) is 18.2 Å². The molecule has 0 aliphatic rings. The molecule has 1 aromatic heterocycles. The molecule has 0 spiro atoms. The fourth-order valence-electron chi connectivity index (χ4n) is 2.74. The van der Waals surface area contributed by atoms with Crippen LogP contribution in [0.25, 0.3) is 22.2 Å². The molecule has 5 heteroatoms. The number of pyridine rings is 1. The molecule has 0 saturated heterocycles. The summed E-state index contributed by atoms with van der Waals surface area (Å²) in [6, 6.07) is 16.4. The van der Waals surface area contributed by atoms with Crippen molar-refractivity contribution in [1.29, 1.82) is 0 Å². The average Bonchev–Trinajstić information content (AvgIpc) is 2.60. The predicted octanol–water partition coefficient (Wildman–Crippen LogP) is 3.32. The van der Waals surface area contributed by atoms with Crippen LogP contribution in [0.1, 0.15) is 15.9 Å². The van der Waals surface area contributed by atoms with Crippen molar-refractivity contribution < 1.29 is 19.4 Å². The lowest BCUT2D eigenvalue weighted by molar-refractivity contribution is -0.136. The minimum Gasteiger partial charge on any atom is -0.481 e. The van der Waals surface area contributed by atoms with Crippen LogP contribution >= 0.6 is 0 Å². The van der Waals surface area contributed by atoms with Crippen molar-refractivity contribution in [1.82, 2.24) is 4.98 Å². The summed E-state index contributed by atoms with van der Waals surface area (Å²) >= 11 is 0. The molecule has 0 amide bonds. The van der Waals surface area contributed by atoms with E-state index in [0.29, 0.717) is 22.2 Å². The van der Waals surface area contributed by atoms with Gasteiger partial charge in [-0.05, 0) is 6.07 Å². The Hall–Kier alpha value is -3.21. The van der Waals surface area contributed by atoms with Crippen LogP contribution in [-0.4, -0.2) is 29.1 Å². The summed E-state index contributed by atoms with van der Waals surface area (Å²) in [5.41, 5.74) is 2.47. The van der Waals surface area contributed by atoms with E-state index >= 15 is 0 Å². The smallest absolute Gasteiger partial charge is 0.338 e. The number of carbonyl (C=O) groups excluding carboxylic acids is 1. The number of carboxylic acid groups (broad SMARTS) is 1. The van der Waals surface area contributed by atoms with E-state index in [1.165, 1.54) is 7.11 Å². The van der Waals surface area contributed by atoms with Gasteiger partial charge in [-0.15, -0.1) is 0 Å². The molecule has 0 bridgehead atoms. The number of aliphatic carboxylic acids is 1. The van der Waals surface area contributed by atoms with Gasteiger partial charge in [0.05, 0.1) is 30.3 Å². The number of methoxy groups -OCH3 is 1. The Labute approximate surface area is 138 Å². The maximum atomic E-state index is 12.4. The van der Waals surface area contributed by atoms with Crippen LogP contribution in [0.5, 0.6) is 0 Å². The van der Waals surface area contributed by atoms with E-state index in [4.69, 9.17) is 4.74 Å². The highest BCUT2D eigenvalue weighted by molar-refractivity contribution is 6.07. The zero-order valence-electron chi connectivity index (χ0n) is 13.0.